The molecule has 0 aromatic heterocycles. The fourth-order valence-electron chi connectivity index (χ4n) is 2.07. The van der Waals surface area contributed by atoms with E-state index in [-0.39, 0.29) is 0 Å². The molecule has 0 saturated carbocycles. The highest BCUT2D eigenvalue weighted by atomic mass is 16.5. The van der Waals surface area contributed by atoms with E-state index in [0.29, 0.717) is 6.54 Å². The predicted octanol–water partition coefficient (Wildman–Crippen LogP) is 3.30. The monoisotopic (exact) mass is 285 g/mol. The fourth-order valence-corrected chi connectivity index (χ4v) is 2.07. The maximum Gasteiger partial charge on any atom is 0.119 e. The Kier molecular flexibility index (Phi) is 6.25. The van der Waals surface area contributed by atoms with Crippen molar-refractivity contribution >= 4 is 0 Å². The number of hydrogen-bond acceptors (Lipinski definition) is 3. The Balaban J connectivity index is 1.78. The van der Waals surface area contributed by atoms with Crippen LogP contribution in [0, 0.1) is 0 Å². The van der Waals surface area contributed by atoms with Crippen LogP contribution in [-0.2, 0) is 6.54 Å². The fraction of sp³-hybridized carbons (Fsp3) is 0.333. The van der Waals surface area contributed by atoms with E-state index in [1.807, 2.05) is 42.5 Å². The summed E-state index contributed by atoms with van der Waals surface area (Å²) in [5.41, 5.74) is 2.12. The second-order valence-electron chi connectivity index (χ2n) is 5.05. The maximum atomic E-state index is 10.2. The third-order valence-electron chi connectivity index (χ3n) is 3.25. The molecule has 1 unspecified atom stereocenters. The summed E-state index contributed by atoms with van der Waals surface area (Å²) in [6, 6.07) is 17.8. The Bertz CT molecular complexity index is 511. The van der Waals surface area contributed by atoms with Gasteiger partial charge in [-0.2, -0.15) is 0 Å². The number of hydrogen-bond donors (Lipinski definition) is 2. The van der Waals surface area contributed by atoms with Crippen LogP contribution in [0.25, 0.3) is 0 Å². The van der Waals surface area contributed by atoms with Crippen LogP contribution in [0.3, 0.4) is 0 Å². The molecular formula is C18H23NO2. The SMILES string of the molecule is CCCOc1ccc(C(O)CNCc2ccccc2)cc1. The molecular weight excluding hydrogens is 262 g/mol. The van der Waals surface area contributed by atoms with E-state index in [1.165, 1.54) is 5.56 Å². The second kappa shape index (κ2) is 8.45. The number of ether oxygens (including phenoxy) is 1. The van der Waals surface area contributed by atoms with Crippen LogP contribution in [0.15, 0.2) is 54.6 Å². The van der Waals surface area contributed by atoms with Gasteiger partial charge in [-0.05, 0) is 29.7 Å². The van der Waals surface area contributed by atoms with Gasteiger partial charge in [-0.25, -0.2) is 0 Å². The lowest BCUT2D eigenvalue weighted by atomic mass is 10.1. The topological polar surface area (TPSA) is 41.5 Å². The zero-order chi connectivity index (χ0) is 14.9. The summed E-state index contributed by atoms with van der Waals surface area (Å²) in [7, 11) is 0. The van der Waals surface area contributed by atoms with Crippen LogP contribution >= 0.6 is 0 Å². The molecule has 1 atom stereocenters. The summed E-state index contributed by atoms with van der Waals surface area (Å²) < 4.78 is 5.53. The Morgan fingerprint density at radius 1 is 1.05 bits per heavy atom. The summed E-state index contributed by atoms with van der Waals surface area (Å²) >= 11 is 0. The maximum absolute atomic E-state index is 10.2. The minimum atomic E-state index is -0.506. The van der Waals surface area contributed by atoms with Crippen molar-refractivity contribution < 1.29 is 9.84 Å². The van der Waals surface area contributed by atoms with Crippen molar-refractivity contribution in [2.45, 2.75) is 26.0 Å². The van der Waals surface area contributed by atoms with Crippen LogP contribution in [0.5, 0.6) is 5.75 Å². The Hall–Kier alpha value is -1.84. The first kappa shape index (κ1) is 15.5. The minimum Gasteiger partial charge on any atom is -0.494 e. The molecule has 0 bridgehead atoms. The molecule has 21 heavy (non-hydrogen) atoms. The lowest BCUT2D eigenvalue weighted by Crippen LogP contribution is -2.21. The molecule has 0 aliphatic rings. The third-order valence-corrected chi connectivity index (χ3v) is 3.25. The van der Waals surface area contributed by atoms with Gasteiger partial charge in [0.1, 0.15) is 5.75 Å². The van der Waals surface area contributed by atoms with Gasteiger partial charge in [-0.3, -0.25) is 0 Å². The lowest BCUT2D eigenvalue weighted by Gasteiger charge is -2.13. The van der Waals surface area contributed by atoms with Crippen LogP contribution in [-0.4, -0.2) is 18.3 Å². The molecule has 0 amide bonds. The normalized spacial score (nSPS) is 12.1. The van der Waals surface area contributed by atoms with Crippen LogP contribution in [0.2, 0.25) is 0 Å². The zero-order valence-electron chi connectivity index (χ0n) is 12.5. The molecule has 2 aromatic rings. The first-order chi connectivity index (χ1) is 10.3. The molecule has 0 spiro atoms. The molecule has 3 heteroatoms. The zero-order valence-corrected chi connectivity index (χ0v) is 12.5. The molecule has 0 heterocycles. The molecule has 2 rings (SSSR count). The Labute approximate surface area is 126 Å². The van der Waals surface area contributed by atoms with Gasteiger partial charge in [0.25, 0.3) is 0 Å². The Morgan fingerprint density at radius 2 is 1.76 bits per heavy atom. The average Bonchev–Trinajstić information content (AvgIpc) is 2.54. The molecule has 3 nitrogen and oxygen atoms in total. The molecule has 0 fully saturated rings. The molecule has 0 aliphatic heterocycles. The lowest BCUT2D eigenvalue weighted by molar-refractivity contribution is 0.174. The van der Waals surface area contributed by atoms with Crippen molar-refractivity contribution in [1.29, 1.82) is 0 Å². The summed E-state index contributed by atoms with van der Waals surface area (Å²) in [6.07, 6.45) is 0.488. The predicted molar refractivity (Wildman–Crippen MR) is 85.3 cm³/mol. The van der Waals surface area contributed by atoms with Crippen molar-refractivity contribution in [3.63, 3.8) is 0 Å². The smallest absolute Gasteiger partial charge is 0.119 e. The van der Waals surface area contributed by atoms with E-state index in [4.69, 9.17) is 4.74 Å². The van der Waals surface area contributed by atoms with Gasteiger partial charge in [0.05, 0.1) is 12.7 Å². The van der Waals surface area contributed by atoms with Gasteiger partial charge in [0.2, 0.25) is 0 Å². The van der Waals surface area contributed by atoms with E-state index in [1.54, 1.807) is 0 Å². The third kappa shape index (κ3) is 5.21. The molecule has 2 N–H and O–H groups in total. The molecule has 112 valence electrons. The second-order valence-corrected chi connectivity index (χ2v) is 5.05. The van der Waals surface area contributed by atoms with E-state index < -0.39 is 6.10 Å². The number of benzene rings is 2. The van der Waals surface area contributed by atoms with Crippen LogP contribution in [0.1, 0.15) is 30.6 Å². The van der Waals surface area contributed by atoms with E-state index in [9.17, 15) is 5.11 Å². The van der Waals surface area contributed by atoms with Crippen LogP contribution < -0.4 is 10.1 Å². The summed E-state index contributed by atoms with van der Waals surface area (Å²) in [5, 5.41) is 13.4. The van der Waals surface area contributed by atoms with Crippen molar-refractivity contribution in [3.8, 4) is 5.75 Å². The minimum absolute atomic E-state index is 0.506. The standard InChI is InChI=1S/C18H23NO2/c1-2-12-21-17-10-8-16(9-11-17)18(20)14-19-13-15-6-4-3-5-7-15/h3-11,18-20H,2,12-14H2,1H3. The number of rotatable bonds is 8. The summed E-state index contributed by atoms with van der Waals surface area (Å²) in [4.78, 5) is 0. The Morgan fingerprint density at radius 3 is 2.43 bits per heavy atom. The van der Waals surface area contributed by atoms with Crippen molar-refractivity contribution in [2.75, 3.05) is 13.2 Å². The highest BCUT2D eigenvalue weighted by molar-refractivity contribution is 5.28. The highest BCUT2D eigenvalue weighted by Gasteiger charge is 2.07. The van der Waals surface area contributed by atoms with Gasteiger partial charge in [0.15, 0.2) is 0 Å². The highest BCUT2D eigenvalue weighted by Crippen LogP contribution is 2.17. The molecule has 2 aromatic carbocycles. The van der Waals surface area contributed by atoms with Gasteiger partial charge in [-0.1, -0.05) is 49.4 Å². The quantitative estimate of drug-likeness (QED) is 0.782. The molecule has 0 radical (unpaired) electrons. The average molecular weight is 285 g/mol. The van der Waals surface area contributed by atoms with Crippen LogP contribution in [0.4, 0.5) is 0 Å². The van der Waals surface area contributed by atoms with Gasteiger partial charge >= 0.3 is 0 Å². The molecule has 0 aliphatic carbocycles. The van der Waals surface area contributed by atoms with Gasteiger partial charge in [0, 0.05) is 13.1 Å². The van der Waals surface area contributed by atoms with E-state index >= 15 is 0 Å². The first-order valence-corrected chi connectivity index (χ1v) is 7.45. The number of nitrogens with one attached hydrogen (secondary N) is 1. The van der Waals surface area contributed by atoms with Gasteiger partial charge in [-0.15, -0.1) is 0 Å². The number of aliphatic hydroxyl groups excluding tert-OH is 1. The van der Waals surface area contributed by atoms with E-state index in [2.05, 4.69) is 24.4 Å². The van der Waals surface area contributed by atoms with Crippen molar-refractivity contribution in [3.05, 3.63) is 65.7 Å². The summed E-state index contributed by atoms with van der Waals surface area (Å²) in [6.45, 7) is 4.09. The summed E-state index contributed by atoms with van der Waals surface area (Å²) in [5.74, 6) is 0.852. The first-order valence-electron chi connectivity index (χ1n) is 7.45. The largest absolute Gasteiger partial charge is 0.494 e. The van der Waals surface area contributed by atoms with Gasteiger partial charge < -0.3 is 15.2 Å². The molecule has 0 saturated heterocycles. The van der Waals surface area contributed by atoms with E-state index in [0.717, 1.165) is 30.9 Å². The van der Waals surface area contributed by atoms with Crippen molar-refractivity contribution in [2.24, 2.45) is 0 Å². The van der Waals surface area contributed by atoms with Crippen molar-refractivity contribution in [1.82, 2.24) is 5.32 Å². The number of aliphatic hydroxyl groups is 1.